The maximum Gasteiger partial charge on any atom is 0.248 e. The standard InChI is InChI=1S/C17H21BN5O2S/c1-11-8-13(26(24)25)6-7-15(11)21-17-14(18-20)10-23(22-17)16-5-3-2-4-12(16)9-19/h6-8,10,12,16H,2-5,20H2,1H3,(H,21,22)(H,24,25)/p-1. The minimum atomic E-state index is -2.26. The van der Waals surface area contributed by atoms with Crippen LogP contribution in [-0.4, -0.2) is 26.0 Å². The predicted octanol–water partition coefficient (Wildman–Crippen LogP) is 1.63. The Bertz CT molecular complexity index is 863. The second-order valence-electron chi connectivity index (χ2n) is 6.50. The molecule has 135 valence electrons. The van der Waals surface area contributed by atoms with Crippen LogP contribution in [0.4, 0.5) is 11.5 Å². The van der Waals surface area contributed by atoms with Crippen molar-refractivity contribution in [3.8, 4) is 6.07 Å². The number of hydrogen-bond donors (Lipinski definition) is 2. The summed E-state index contributed by atoms with van der Waals surface area (Å²) >= 11 is -2.26. The number of aromatic nitrogens is 2. The molecule has 0 aliphatic heterocycles. The summed E-state index contributed by atoms with van der Waals surface area (Å²) in [5.41, 5.74) is 8.04. The van der Waals surface area contributed by atoms with Crippen LogP contribution < -0.4 is 16.4 Å². The van der Waals surface area contributed by atoms with E-state index in [1.54, 1.807) is 12.1 Å². The van der Waals surface area contributed by atoms with Gasteiger partial charge in [-0.2, -0.15) is 10.4 Å². The second kappa shape index (κ2) is 8.04. The molecule has 1 heterocycles. The first-order valence-electron chi connectivity index (χ1n) is 8.54. The number of aryl methyl sites for hydroxylation is 1. The van der Waals surface area contributed by atoms with Gasteiger partial charge in [-0.3, -0.25) is 8.89 Å². The number of nitriles is 1. The molecular weight excluding hydrogens is 349 g/mol. The molecule has 0 bridgehead atoms. The van der Waals surface area contributed by atoms with Crippen LogP contribution in [0.1, 0.15) is 37.3 Å². The molecule has 1 aromatic carbocycles. The highest BCUT2D eigenvalue weighted by molar-refractivity contribution is 7.79. The highest BCUT2D eigenvalue weighted by Gasteiger charge is 2.28. The molecule has 0 saturated heterocycles. The lowest BCUT2D eigenvalue weighted by Crippen LogP contribution is -2.25. The maximum atomic E-state index is 11.1. The first-order valence-corrected chi connectivity index (χ1v) is 9.61. The highest BCUT2D eigenvalue weighted by Crippen LogP contribution is 2.33. The van der Waals surface area contributed by atoms with Crippen LogP contribution >= 0.6 is 0 Å². The van der Waals surface area contributed by atoms with Gasteiger partial charge in [-0.25, -0.2) is 0 Å². The highest BCUT2D eigenvalue weighted by atomic mass is 32.2. The molecule has 1 radical (unpaired) electrons. The van der Waals surface area contributed by atoms with Crippen LogP contribution in [-0.2, 0) is 11.1 Å². The van der Waals surface area contributed by atoms with E-state index in [4.69, 9.17) is 5.64 Å². The molecule has 1 aliphatic rings. The van der Waals surface area contributed by atoms with Gasteiger partial charge >= 0.3 is 0 Å². The average molecular weight is 369 g/mol. The number of nitrogens with zero attached hydrogens (tertiary/aromatic N) is 3. The van der Waals surface area contributed by atoms with Crippen LogP contribution in [0.25, 0.3) is 0 Å². The monoisotopic (exact) mass is 369 g/mol. The van der Waals surface area contributed by atoms with Gasteiger partial charge < -0.3 is 15.5 Å². The van der Waals surface area contributed by atoms with Crippen LogP contribution in [0.2, 0.25) is 0 Å². The van der Waals surface area contributed by atoms with Gasteiger partial charge in [0.15, 0.2) is 0 Å². The van der Waals surface area contributed by atoms with Crippen molar-refractivity contribution < 1.29 is 8.76 Å². The number of hydrogen-bond acceptors (Lipinski definition) is 6. The zero-order chi connectivity index (χ0) is 18.7. The van der Waals surface area contributed by atoms with E-state index in [0.29, 0.717) is 5.82 Å². The van der Waals surface area contributed by atoms with Gasteiger partial charge in [0.1, 0.15) is 5.82 Å². The van der Waals surface area contributed by atoms with Gasteiger partial charge in [-0.15, -0.1) is 0 Å². The molecular formula is C17H20BN5O2S-. The predicted molar refractivity (Wildman–Crippen MR) is 100 cm³/mol. The van der Waals surface area contributed by atoms with Gasteiger partial charge in [0.05, 0.1) is 18.0 Å². The van der Waals surface area contributed by atoms with Gasteiger partial charge in [-0.1, -0.05) is 12.8 Å². The minimum absolute atomic E-state index is 0.0461. The molecule has 1 aromatic heterocycles. The molecule has 9 heteroatoms. The van der Waals surface area contributed by atoms with Crippen molar-refractivity contribution in [2.45, 2.75) is 43.5 Å². The van der Waals surface area contributed by atoms with E-state index in [2.05, 4.69) is 16.5 Å². The van der Waals surface area contributed by atoms with E-state index in [1.807, 2.05) is 17.8 Å². The fraction of sp³-hybridized carbons (Fsp3) is 0.412. The summed E-state index contributed by atoms with van der Waals surface area (Å²) in [6, 6.07) is 7.29. The van der Waals surface area contributed by atoms with Crippen molar-refractivity contribution in [1.29, 1.82) is 5.26 Å². The molecule has 1 fully saturated rings. The molecule has 0 spiro atoms. The first-order chi connectivity index (χ1) is 12.5. The van der Waals surface area contributed by atoms with Crippen molar-refractivity contribution in [1.82, 2.24) is 9.78 Å². The van der Waals surface area contributed by atoms with E-state index in [1.165, 1.54) is 13.5 Å². The van der Waals surface area contributed by atoms with Gasteiger partial charge in [0, 0.05) is 16.8 Å². The zero-order valence-electron chi connectivity index (χ0n) is 14.5. The third kappa shape index (κ3) is 3.82. The molecule has 3 rings (SSSR count). The summed E-state index contributed by atoms with van der Waals surface area (Å²) in [6.07, 6.45) is 5.83. The van der Waals surface area contributed by atoms with Gasteiger partial charge in [0.25, 0.3) is 0 Å². The number of nitrogens with one attached hydrogen (secondary N) is 1. The fourth-order valence-electron chi connectivity index (χ4n) is 3.38. The van der Waals surface area contributed by atoms with E-state index >= 15 is 0 Å². The second-order valence-corrected chi connectivity index (χ2v) is 7.44. The average Bonchev–Trinajstić information content (AvgIpc) is 3.06. The molecule has 3 N–H and O–H groups in total. The molecule has 3 atom stereocenters. The summed E-state index contributed by atoms with van der Waals surface area (Å²) in [4.78, 5) is 0.239. The minimum Gasteiger partial charge on any atom is -0.768 e. The van der Waals surface area contributed by atoms with Crippen molar-refractivity contribution >= 4 is 35.5 Å². The van der Waals surface area contributed by atoms with E-state index < -0.39 is 11.1 Å². The van der Waals surface area contributed by atoms with Crippen molar-refractivity contribution in [3.05, 3.63) is 30.0 Å². The number of rotatable bonds is 5. The number of anilines is 2. The normalized spacial score (nSPS) is 21.0. The Morgan fingerprint density at radius 1 is 1.46 bits per heavy atom. The smallest absolute Gasteiger partial charge is 0.248 e. The van der Waals surface area contributed by atoms with Crippen molar-refractivity contribution in [2.24, 2.45) is 11.6 Å². The van der Waals surface area contributed by atoms with Gasteiger partial charge in [0.2, 0.25) is 7.41 Å². The molecule has 1 aliphatic carbocycles. The van der Waals surface area contributed by atoms with E-state index in [0.717, 1.165) is 42.4 Å². The molecule has 1 saturated carbocycles. The van der Waals surface area contributed by atoms with Crippen LogP contribution in [0.15, 0.2) is 29.3 Å². The van der Waals surface area contributed by atoms with Crippen LogP contribution in [0, 0.1) is 24.2 Å². The lowest BCUT2D eigenvalue weighted by Gasteiger charge is -2.26. The molecule has 26 heavy (non-hydrogen) atoms. The van der Waals surface area contributed by atoms with E-state index in [-0.39, 0.29) is 16.9 Å². The third-order valence-electron chi connectivity index (χ3n) is 4.82. The number of benzene rings is 1. The maximum absolute atomic E-state index is 11.1. The van der Waals surface area contributed by atoms with Crippen LogP contribution in [0.3, 0.4) is 0 Å². The summed E-state index contributed by atoms with van der Waals surface area (Å²) in [6.45, 7) is 1.83. The number of nitrogens with two attached hydrogens (primary N) is 1. The topological polar surface area (TPSA) is 120 Å². The summed E-state index contributed by atoms with van der Waals surface area (Å²) in [5, 5.41) is 17.3. The van der Waals surface area contributed by atoms with E-state index in [9.17, 15) is 14.0 Å². The molecule has 0 amide bonds. The lowest BCUT2D eigenvalue weighted by atomic mass is 9.85. The summed E-state index contributed by atoms with van der Waals surface area (Å²) in [7, 11) is 1.48. The van der Waals surface area contributed by atoms with Crippen molar-refractivity contribution in [3.63, 3.8) is 0 Å². The molecule has 3 unspecified atom stereocenters. The third-order valence-corrected chi connectivity index (χ3v) is 5.46. The zero-order valence-corrected chi connectivity index (χ0v) is 15.3. The lowest BCUT2D eigenvalue weighted by molar-refractivity contribution is 0.271. The first kappa shape index (κ1) is 18.6. The van der Waals surface area contributed by atoms with Crippen molar-refractivity contribution in [2.75, 3.05) is 5.32 Å². The Morgan fingerprint density at radius 3 is 2.88 bits per heavy atom. The molecule has 2 aromatic rings. The van der Waals surface area contributed by atoms with Gasteiger partial charge in [-0.05, 0) is 60.1 Å². The summed E-state index contributed by atoms with van der Waals surface area (Å²) in [5.74, 6) is 0.545. The largest absolute Gasteiger partial charge is 0.768 e. The Hall–Kier alpha value is -2.15. The van der Waals surface area contributed by atoms with Crippen LogP contribution in [0.5, 0.6) is 0 Å². The Morgan fingerprint density at radius 2 is 2.23 bits per heavy atom. The summed E-state index contributed by atoms with van der Waals surface area (Å²) < 4.78 is 24.0. The Labute approximate surface area is 156 Å². The fourth-order valence-corrected chi connectivity index (χ4v) is 3.83. The SMILES string of the molecule is Cc1cc(S(=O)[O-])ccc1Nc1nn(C2CCCCC2C#N)cc1[B]N. The molecule has 7 nitrogen and oxygen atoms in total. The Balaban J connectivity index is 1.88. The quantitative estimate of drug-likeness (QED) is 0.611. The Kier molecular flexibility index (Phi) is 5.76.